The van der Waals surface area contributed by atoms with Crippen LogP contribution in [0.25, 0.3) is 0 Å². The van der Waals surface area contributed by atoms with Gasteiger partial charge in [0.1, 0.15) is 0 Å². The molecule has 0 heterocycles. The van der Waals surface area contributed by atoms with Crippen LogP contribution < -0.4 is 5.73 Å². The zero-order chi connectivity index (χ0) is 10.6. The molecule has 0 atom stereocenters. The number of hydrogen-bond donors (Lipinski definition) is 1. The van der Waals surface area contributed by atoms with E-state index in [0.29, 0.717) is 0 Å². The number of rotatable bonds is 4. The Kier molecular flexibility index (Phi) is 3.70. The fraction of sp³-hybridized carbons (Fsp3) is 0.538. The fourth-order valence-electron chi connectivity index (χ4n) is 2.04. The van der Waals surface area contributed by atoms with Crippen molar-refractivity contribution in [3.8, 4) is 0 Å². The molecule has 0 bridgehead atoms. The first-order valence-electron chi connectivity index (χ1n) is 5.45. The maximum atomic E-state index is 5.91. The highest BCUT2D eigenvalue weighted by molar-refractivity contribution is 5.30. The van der Waals surface area contributed by atoms with E-state index in [-0.39, 0.29) is 5.41 Å². The number of aryl methyl sites for hydroxylation is 1. The summed E-state index contributed by atoms with van der Waals surface area (Å²) in [6.07, 6.45) is 2.23. The lowest BCUT2D eigenvalue weighted by Crippen LogP contribution is -2.33. The zero-order valence-corrected chi connectivity index (χ0v) is 9.51. The van der Waals surface area contributed by atoms with E-state index in [0.717, 1.165) is 19.4 Å². The van der Waals surface area contributed by atoms with Gasteiger partial charge in [0.05, 0.1) is 0 Å². The van der Waals surface area contributed by atoms with Crippen molar-refractivity contribution in [1.29, 1.82) is 0 Å². The Bertz CT molecular complexity index is 279. The standard InChI is InChI=1S/C13H21N/c1-4-13(5-2,10-14)12-8-6-7-11(3)9-12/h6-9H,4-5,10,14H2,1-3H3. The van der Waals surface area contributed by atoms with Gasteiger partial charge >= 0.3 is 0 Å². The average Bonchev–Trinajstić information content (AvgIpc) is 2.22. The summed E-state index contributed by atoms with van der Waals surface area (Å²) in [5.74, 6) is 0. The minimum absolute atomic E-state index is 0.187. The van der Waals surface area contributed by atoms with Crippen LogP contribution in [0, 0.1) is 6.92 Å². The van der Waals surface area contributed by atoms with Gasteiger partial charge in [-0.2, -0.15) is 0 Å². The number of hydrogen-bond acceptors (Lipinski definition) is 1. The largest absolute Gasteiger partial charge is 0.330 e. The van der Waals surface area contributed by atoms with Crippen LogP contribution in [0.15, 0.2) is 24.3 Å². The normalized spacial score (nSPS) is 11.7. The van der Waals surface area contributed by atoms with Gasteiger partial charge in [-0.1, -0.05) is 43.7 Å². The van der Waals surface area contributed by atoms with E-state index >= 15 is 0 Å². The Balaban J connectivity index is 3.10. The van der Waals surface area contributed by atoms with Crippen molar-refractivity contribution in [1.82, 2.24) is 0 Å². The van der Waals surface area contributed by atoms with Gasteiger partial charge in [0.25, 0.3) is 0 Å². The highest BCUT2D eigenvalue weighted by Crippen LogP contribution is 2.30. The second kappa shape index (κ2) is 4.61. The molecule has 1 aromatic rings. The lowest BCUT2D eigenvalue weighted by atomic mass is 9.75. The minimum Gasteiger partial charge on any atom is -0.330 e. The van der Waals surface area contributed by atoms with E-state index in [2.05, 4.69) is 45.0 Å². The van der Waals surface area contributed by atoms with Gasteiger partial charge in [-0.15, -0.1) is 0 Å². The molecule has 0 radical (unpaired) electrons. The van der Waals surface area contributed by atoms with Gasteiger partial charge < -0.3 is 5.73 Å². The van der Waals surface area contributed by atoms with Crippen LogP contribution in [0.4, 0.5) is 0 Å². The van der Waals surface area contributed by atoms with Crippen molar-refractivity contribution in [2.24, 2.45) is 5.73 Å². The molecule has 78 valence electrons. The summed E-state index contributed by atoms with van der Waals surface area (Å²) in [6, 6.07) is 8.73. The number of nitrogens with two attached hydrogens (primary N) is 1. The molecule has 0 saturated carbocycles. The molecule has 0 aliphatic heterocycles. The van der Waals surface area contributed by atoms with E-state index in [4.69, 9.17) is 5.73 Å². The highest BCUT2D eigenvalue weighted by atomic mass is 14.6. The lowest BCUT2D eigenvalue weighted by Gasteiger charge is -2.31. The molecular weight excluding hydrogens is 170 g/mol. The smallest absolute Gasteiger partial charge is 0.00704 e. The van der Waals surface area contributed by atoms with Crippen LogP contribution >= 0.6 is 0 Å². The molecule has 0 fully saturated rings. The molecule has 14 heavy (non-hydrogen) atoms. The first kappa shape index (κ1) is 11.3. The minimum atomic E-state index is 0.187. The van der Waals surface area contributed by atoms with Crippen molar-refractivity contribution < 1.29 is 0 Å². The van der Waals surface area contributed by atoms with E-state index in [1.165, 1.54) is 11.1 Å². The van der Waals surface area contributed by atoms with Gasteiger partial charge in [0.2, 0.25) is 0 Å². The molecule has 1 heteroatoms. The van der Waals surface area contributed by atoms with Crippen LogP contribution in [0.3, 0.4) is 0 Å². The molecule has 0 aromatic heterocycles. The first-order chi connectivity index (χ1) is 6.68. The lowest BCUT2D eigenvalue weighted by molar-refractivity contribution is 0.406. The molecule has 1 nitrogen and oxygen atoms in total. The Morgan fingerprint density at radius 3 is 2.29 bits per heavy atom. The van der Waals surface area contributed by atoms with Crippen molar-refractivity contribution >= 4 is 0 Å². The van der Waals surface area contributed by atoms with Gasteiger partial charge in [-0.3, -0.25) is 0 Å². The fourth-order valence-corrected chi connectivity index (χ4v) is 2.04. The summed E-state index contributed by atoms with van der Waals surface area (Å²) < 4.78 is 0. The monoisotopic (exact) mass is 191 g/mol. The van der Waals surface area contributed by atoms with Crippen molar-refractivity contribution in [3.05, 3.63) is 35.4 Å². The maximum Gasteiger partial charge on any atom is 0.00704 e. The zero-order valence-electron chi connectivity index (χ0n) is 9.51. The van der Waals surface area contributed by atoms with Crippen molar-refractivity contribution in [2.75, 3.05) is 6.54 Å². The van der Waals surface area contributed by atoms with E-state index in [9.17, 15) is 0 Å². The Hall–Kier alpha value is -0.820. The Morgan fingerprint density at radius 2 is 1.86 bits per heavy atom. The molecule has 1 aromatic carbocycles. The molecule has 0 saturated heterocycles. The Morgan fingerprint density at radius 1 is 1.21 bits per heavy atom. The van der Waals surface area contributed by atoms with E-state index < -0.39 is 0 Å². The van der Waals surface area contributed by atoms with Gasteiger partial charge in [-0.05, 0) is 25.3 Å². The molecule has 0 amide bonds. The summed E-state index contributed by atoms with van der Waals surface area (Å²) >= 11 is 0. The summed E-state index contributed by atoms with van der Waals surface area (Å²) in [4.78, 5) is 0. The molecule has 0 unspecified atom stereocenters. The third-order valence-corrected chi connectivity index (χ3v) is 3.37. The molecule has 0 spiro atoms. The average molecular weight is 191 g/mol. The SMILES string of the molecule is CCC(CC)(CN)c1cccc(C)c1. The molecule has 0 aliphatic carbocycles. The summed E-state index contributed by atoms with van der Waals surface area (Å²) in [5, 5.41) is 0. The summed E-state index contributed by atoms with van der Waals surface area (Å²) in [6.45, 7) is 7.32. The van der Waals surface area contributed by atoms with Crippen LogP contribution in [0.2, 0.25) is 0 Å². The molecule has 1 rings (SSSR count). The second-order valence-corrected chi connectivity index (χ2v) is 4.06. The van der Waals surface area contributed by atoms with Crippen molar-refractivity contribution in [2.45, 2.75) is 39.0 Å². The second-order valence-electron chi connectivity index (χ2n) is 4.06. The van der Waals surface area contributed by atoms with Crippen molar-refractivity contribution in [3.63, 3.8) is 0 Å². The quantitative estimate of drug-likeness (QED) is 0.778. The third-order valence-electron chi connectivity index (χ3n) is 3.37. The maximum absolute atomic E-state index is 5.91. The molecular formula is C13H21N. The summed E-state index contributed by atoms with van der Waals surface area (Å²) in [5.41, 5.74) is 8.81. The molecule has 0 aliphatic rings. The topological polar surface area (TPSA) is 26.0 Å². The van der Waals surface area contributed by atoms with Crippen LogP contribution in [-0.4, -0.2) is 6.54 Å². The van der Waals surface area contributed by atoms with Crippen LogP contribution in [-0.2, 0) is 5.41 Å². The van der Waals surface area contributed by atoms with Gasteiger partial charge in [0.15, 0.2) is 0 Å². The van der Waals surface area contributed by atoms with Crippen LogP contribution in [0.5, 0.6) is 0 Å². The Labute approximate surface area is 87.3 Å². The first-order valence-corrected chi connectivity index (χ1v) is 5.45. The third kappa shape index (κ3) is 1.98. The highest BCUT2D eigenvalue weighted by Gasteiger charge is 2.26. The van der Waals surface area contributed by atoms with Gasteiger partial charge in [-0.25, -0.2) is 0 Å². The van der Waals surface area contributed by atoms with E-state index in [1.54, 1.807) is 0 Å². The van der Waals surface area contributed by atoms with Crippen LogP contribution in [0.1, 0.15) is 37.8 Å². The van der Waals surface area contributed by atoms with E-state index in [1.807, 2.05) is 0 Å². The predicted octanol–water partition coefficient (Wildman–Crippen LogP) is 3.01. The number of benzene rings is 1. The predicted molar refractivity (Wildman–Crippen MR) is 62.5 cm³/mol. The summed E-state index contributed by atoms with van der Waals surface area (Å²) in [7, 11) is 0. The van der Waals surface area contributed by atoms with Gasteiger partial charge in [0, 0.05) is 12.0 Å². The molecule has 2 N–H and O–H groups in total.